The molecule has 0 unspecified atom stereocenters. The Hall–Kier alpha value is -0.530. The number of carbonyl (C=O) groups excluding carboxylic acids is 1. The van der Waals surface area contributed by atoms with Crippen LogP contribution >= 0.6 is 24.0 Å². The maximum absolute atomic E-state index is 11.8. The highest BCUT2D eigenvalue weighted by Crippen LogP contribution is 2.17. The van der Waals surface area contributed by atoms with Gasteiger partial charge in [-0.3, -0.25) is 9.79 Å². The summed E-state index contributed by atoms with van der Waals surface area (Å²) in [6, 6.07) is 0.398. The monoisotopic (exact) mass is 410 g/mol. The lowest BCUT2D eigenvalue weighted by Gasteiger charge is -2.22. The van der Waals surface area contributed by atoms with E-state index in [0.29, 0.717) is 24.9 Å². The zero-order chi connectivity index (χ0) is 14.8. The second-order valence-electron chi connectivity index (χ2n) is 5.93. The molecule has 0 aromatic heterocycles. The molecule has 0 heterocycles. The Balaban J connectivity index is 0.00000400. The first-order valence-electron chi connectivity index (χ1n) is 7.85. The summed E-state index contributed by atoms with van der Waals surface area (Å²) in [5.41, 5.74) is 0. The van der Waals surface area contributed by atoms with Gasteiger partial charge < -0.3 is 16.0 Å². The molecule has 124 valence electrons. The van der Waals surface area contributed by atoms with Gasteiger partial charge in [0, 0.05) is 32.6 Å². The van der Waals surface area contributed by atoms with Gasteiger partial charge in [0.1, 0.15) is 0 Å². The van der Waals surface area contributed by atoms with Crippen LogP contribution < -0.4 is 16.0 Å². The Bertz CT molecular complexity index is 315. The number of aliphatic imine (C=N–C) groups is 1. The van der Waals surface area contributed by atoms with E-state index < -0.39 is 0 Å². The van der Waals surface area contributed by atoms with Crippen molar-refractivity contribution < 1.29 is 4.79 Å². The molecule has 21 heavy (non-hydrogen) atoms. The average Bonchev–Trinajstić information content (AvgIpc) is 2.43. The fourth-order valence-corrected chi connectivity index (χ4v) is 2.36. The quantitative estimate of drug-likeness (QED) is 0.358. The summed E-state index contributed by atoms with van der Waals surface area (Å²) in [4.78, 5) is 16.0. The molecule has 1 rings (SSSR count). The Morgan fingerprint density at radius 2 is 1.86 bits per heavy atom. The summed E-state index contributed by atoms with van der Waals surface area (Å²) in [5, 5.41) is 9.52. The Labute approximate surface area is 146 Å². The summed E-state index contributed by atoms with van der Waals surface area (Å²) in [7, 11) is 1.75. The zero-order valence-electron chi connectivity index (χ0n) is 13.6. The number of hydrogen-bond donors (Lipinski definition) is 3. The topological polar surface area (TPSA) is 65.5 Å². The first-order valence-corrected chi connectivity index (χ1v) is 7.85. The standard InChI is InChI=1S/C15H30N4O.HI/c1-12(2)11-18-15(16-3)17-10-9-14(20)19-13-7-5-4-6-8-13;/h12-13H,4-11H2,1-3H3,(H,19,20)(H2,16,17,18);1H. The van der Waals surface area contributed by atoms with E-state index in [-0.39, 0.29) is 29.9 Å². The first kappa shape index (κ1) is 20.5. The van der Waals surface area contributed by atoms with Crippen molar-refractivity contribution in [1.29, 1.82) is 0 Å². The van der Waals surface area contributed by atoms with E-state index in [1.807, 2.05) is 0 Å². The molecule has 0 atom stereocenters. The molecular formula is C15H31IN4O. The van der Waals surface area contributed by atoms with E-state index in [1.54, 1.807) is 7.05 Å². The van der Waals surface area contributed by atoms with Crippen LogP contribution in [0.3, 0.4) is 0 Å². The highest BCUT2D eigenvalue weighted by molar-refractivity contribution is 14.0. The zero-order valence-corrected chi connectivity index (χ0v) is 15.9. The summed E-state index contributed by atoms with van der Waals surface area (Å²) in [6.45, 7) is 5.81. The lowest BCUT2D eigenvalue weighted by molar-refractivity contribution is -0.121. The predicted octanol–water partition coefficient (Wildman–Crippen LogP) is 2.26. The minimum absolute atomic E-state index is 0. The van der Waals surface area contributed by atoms with E-state index in [0.717, 1.165) is 25.3 Å². The van der Waals surface area contributed by atoms with Crippen LogP contribution in [0.1, 0.15) is 52.4 Å². The summed E-state index contributed by atoms with van der Waals surface area (Å²) in [6.07, 6.45) is 6.57. The summed E-state index contributed by atoms with van der Waals surface area (Å²) >= 11 is 0. The average molecular weight is 410 g/mol. The molecular weight excluding hydrogens is 379 g/mol. The lowest BCUT2D eigenvalue weighted by atomic mass is 9.95. The summed E-state index contributed by atoms with van der Waals surface area (Å²) < 4.78 is 0. The van der Waals surface area contributed by atoms with E-state index in [4.69, 9.17) is 0 Å². The molecule has 1 saturated carbocycles. The van der Waals surface area contributed by atoms with E-state index >= 15 is 0 Å². The molecule has 1 fully saturated rings. The van der Waals surface area contributed by atoms with Gasteiger partial charge in [0.15, 0.2) is 5.96 Å². The van der Waals surface area contributed by atoms with E-state index in [1.165, 1.54) is 19.3 Å². The Morgan fingerprint density at radius 1 is 1.19 bits per heavy atom. The molecule has 1 aliphatic carbocycles. The molecule has 0 spiro atoms. The summed E-state index contributed by atoms with van der Waals surface area (Å²) in [5.74, 6) is 1.48. The number of hydrogen-bond acceptors (Lipinski definition) is 2. The van der Waals surface area contributed by atoms with Gasteiger partial charge in [-0.2, -0.15) is 0 Å². The van der Waals surface area contributed by atoms with E-state index in [2.05, 4.69) is 34.8 Å². The van der Waals surface area contributed by atoms with Crippen LogP contribution in [0.4, 0.5) is 0 Å². The second kappa shape index (κ2) is 12.1. The maximum atomic E-state index is 11.8. The molecule has 0 bridgehead atoms. The minimum atomic E-state index is 0. The van der Waals surface area contributed by atoms with Crippen molar-refractivity contribution in [3.63, 3.8) is 0 Å². The molecule has 3 N–H and O–H groups in total. The number of carbonyl (C=O) groups is 1. The van der Waals surface area contributed by atoms with Crippen LogP contribution in [0.15, 0.2) is 4.99 Å². The van der Waals surface area contributed by atoms with Crippen molar-refractivity contribution >= 4 is 35.8 Å². The van der Waals surface area contributed by atoms with Crippen molar-refractivity contribution in [3.05, 3.63) is 0 Å². The molecule has 0 saturated heterocycles. The van der Waals surface area contributed by atoms with Crippen molar-refractivity contribution in [2.75, 3.05) is 20.1 Å². The number of nitrogens with one attached hydrogen (secondary N) is 3. The normalized spacial score (nSPS) is 16.3. The molecule has 1 amide bonds. The van der Waals surface area contributed by atoms with Gasteiger partial charge in [-0.05, 0) is 18.8 Å². The van der Waals surface area contributed by atoms with E-state index in [9.17, 15) is 4.79 Å². The molecule has 0 aliphatic heterocycles. The minimum Gasteiger partial charge on any atom is -0.356 e. The van der Waals surface area contributed by atoms with Crippen molar-refractivity contribution in [1.82, 2.24) is 16.0 Å². The lowest BCUT2D eigenvalue weighted by Crippen LogP contribution is -2.42. The third-order valence-corrected chi connectivity index (χ3v) is 3.52. The van der Waals surface area contributed by atoms with Gasteiger partial charge in [0.05, 0.1) is 0 Å². The van der Waals surface area contributed by atoms with Crippen LogP contribution in [0.5, 0.6) is 0 Å². The highest BCUT2D eigenvalue weighted by atomic mass is 127. The largest absolute Gasteiger partial charge is 0.356 e. The third-order valence-electron chi connectivity index (χ3n) is 3.52. The number of halogens is 1. The maximum Gasteiger partial charge on any atom is 0.221 e. The molecule has 1 aliphatic rings. The van der Waals surface area contributed by atoms with Crippen LogP contribution in [0.25, 0.3) is 0 Å². The van der Waals surface area contributed by atoms with Crippen LogP contribution in [-0.4, -0.2) is 38.0 Å². The number of nitrogens with zero attached hydrogens (tertiary/aromatic N) is 1. The molecule has 5 nitrogen and oxygen atoms in total. The Morgan fingerprint density at radius 3 is 2.43 bits per heavy atom. The number of amides is 1. The van der Waals surface area contributed by atoms with Crippen LogP contribution in [0, 0.1) is 5.92 Å². The number of guanidine groups is 1. The SMILES string of the molecule is CN=C(NCCC(=O)NC1CCCCC1)NCC(C)C.I. The van der Waals surface area contributed by atoms with Gasteiger partial charge >= 0.3 is 0 Å². The molecule has 0 radical (unpaired) electrons. The smallest absolute Gasteiger partial charge is 0.221 e. The molecule has 6 heteroatoms. The predicted molar refractivity (Wildman–Crippen MR) is 99.3 cm³/mol. The first-order chi connectivity index (χ1) is 9.61. The fraction of sp³-hybridized carbons (Fsp3) is 0.867. The van der Waals surface area contributed by atoms with Gasteiger partial charge in [0.25, 0.3) is 0 Å². The van der Waals surface area contributed by atoms with Gasteiger partial charge in [0.2, 0.25) is 5.91 Å². The number of rotatable bonds is 6. The molecule has 0 aromatic rings. The van der Waals surface area contributed by atoms with Crippen LogP contribution in [0.2, 0.25) is 0 Å². The highest BCUT2D eigenvalue weighted by Gasteiger charge is 2.15. The van der Waals surface area contributed by atoms with Crippen LogP contribution in [-0.2, 0) is 4.79 Å². The molecule has 0 aromatic carbocycles. The third kappa shape index (κ3) is 9.92. The Kier molecular flexibility index (Phi) is 11.8. The van der Waals surface area contributed by atoms with Gasteiger partial charge in [-0.25, -0.2) is 0 Å². The van der Waals surface area contributed by atoms with Gasteiger partial charge in [-0.1, -0.05) is 33.1 Å². The van der Waals surface area contributed by atoms with Crippen molar-refractivity contribution in [2.24, 2.45) is 10.9 Å². The van der Waals surface area contributed by atoms with Crippen molar-refractivity contribution in [2.45, 2.75) is 58.4 Å². The van der Waals surface area contributed by atoms with Gasteiger partial charge in [-0.15, -0.1) is 24.0 Å². The van der Waals surface area contributed by atoms with Crippen molar-refractivity contribution in [3.8, 4) is 0 Å². The fourth-order valence-electron chi connectivity index (χ4n) is 2.36. The second-order valence-corrected chi connectivity index (χ2v) is 5.93.